The van der Waals surface area contributed by atoms with Crippen molar-refractivity contribution in [2.75, 3.05) is 13.7 Å². The molecule has 2 heterocycles. The van der Waals surface area contributed by atoms with Crippen LogP contribution < -0.4 is 10.1 Å². The molecule has 0 radical (unpaired) electrons. The van der Waals surface area contributed by atoms with E-state index in [2.05, 4.69) is 45.6 Å². The fraction of sp³-hybridized carbons (Fsp3) is 0.500. The van der Waals surface area contributed by atoms with Gasteiger partial charge in [-0.15, -0.1) is 11.3 Å². The molecule has 0 aliphatic heterocycles. The van der Waals surface area contributed by atoms with Crippen molar-refractivity contribution in [3.8, 4) is 5.75 Å². The largest absolute Gasteiger partial charge is 0.496 e. The van der Waals surface area contributed by atoms with Gasteiger partial charge < -0.3 is 10.1 Å². The van der Waals surface area contributed by atoms with Gasteiger partial charge in [-0.25, -0.2) is 0 Å². The molecule has 1 unspecified atom stereocenters. The van der Waals surface area contributed by atoms with Crippen molar-refractivity contribution in [2.45, 2.75) is 32.9 Å². The summed E-state index contributed by atoms with van der Waals surface area (Å²) in [5.74, 6) is 0.930. The van der Waals surface area contributed by atoms with Gasteiger partial charge in [0.2, 0.25) is 0 Å². The molecule has 1 N–H and O–H groups in total. The third-order valence-electron chi connectivity index (χ3n) is 3.14. The predicted octanol–water partition coefficient (Wildman–Crippen LogP) is 3.82. The summed E-state index contributed by atoms with van der Waals surface area (Å²) in [6.45, 7) is 6.07. The standard InChI is InChI=1S/C14H20BrN3OS/c1-4-7-16-12(14-11(19-3)6-8-20-14)13-10(15)9-17-18(13)5-2/h6,8-9,12,16H,4-5,7H2,1-3H3. The van der Waals surface area contributed by atoms with Gasteiger partial charge in [0, 0.05) is 6.54 Å². The number of aromatic nitrogens is 2. The molecular formula is C14H20BrN3OS. The Bertz CT molecular complexity index is 552. The molecule has 2 aromatic heterocycles. The Hall–Kier alpha value is -0.850. The van der Waals surface area contributed by atoms with Crippen LogP contribution in [0.25, 0.3) is 0 Å². The van der Waals surface area contributed by atoms with E-state index in [-0.39, 0.29) is 6.04 Å². The fourth-order valence-electron chi connectivity index (χ4n) is 2.20. The lowest BCUT2D eigenvalue weighted by Gasteiger charge is -2.20. The van der Waals surface area contributed by atoms with Crippen molar-refractivity contribution in [1.82, 2.24) is 15.1 Å². The van der Waals surface area contributed by atoms with E-state index in [9.17, 15) is 0 Å². The van der Waals surface area contributed by atoms with Crippen LogP contribution in [-0.2, 0) is 6.54 Å². The van der Waals surface area contributed by atoms with Gasteiger partial charge in [0.25, 0.3) is 0 Å². The van der Waals surface area contributed by atoms with Crippen molar-refractivity contribution in [1.29, 1.82) is 0 Å². The summed E-state index contributed by atoms with van der Waals surface area (Å²) in [4.78, 5) is 1.19. The first-order valence-electron chi connectivity index (χ1n) is 6.78. The molecule has 0 aliphatic rings. The number of ether oxygens (including phenoxy) is 1. The molecule has 1 atom stereocenters. The minimum absolute atomic E-state index is 0.0988. The quantitative estimate of drug-likeness (QED) is 0.818. The number of hydrogen-bond acceptors (Lipinski definition) is 4. The zero-order valence-corrected chi connectivity index (χ0v) is 14.4. The molecule has 6 heteroatoms. The van der Waals surface area contributed by atoms with Crippen LogP contribution in [-0.4, -0.2) is 23.4 Å². The number of halogens is 1. The average Bonchev–Trinajstić information content (AvgIpc) is 3.07. The van der Waals surface area contributed by atoms with Crippen LogP contribution in [0.5, 0.6) is 5.75 Å². The van der Waals surface area contributed by atoms with Crippen LogP contribution in [0.1, 0.15) is 36.9 Å². The van der Waals surface area contributed by atoms with Crippen molar-refractivity contribution >= 4 is 27.3 Å². The summed E-state index contributed by atoms with van der Waals surface area (Å²) in [5, 5.41) is 10.1. The Morgan fingerprint density at radius 1 is 1.50 bits per heavy atom. The number of nitrogens with one attached hydrogen (secondary N) is 1. The fourth-order valence-corrected chi connectivity index (χ4v) is 3.66. The first-order chi connectivity index (χ1) is 9.72. The van der Waals surface area contributed by atoms with Crippen LogP contribution >= 0.6 is 27.3 Å². The number of nitrogens with zero attached hydrogens (tertiary/aromatic N) is 2. The van der Waals surface area contributed by atoms with Crippen LogP contribution in [0.3, 0.4) is 0 Å². The Kier molecular flexibility index (Phi) is 5.63. The first kappa shape index (κ1) is 15.5. The highest BCUT2D eigenvalue weighted by Gasteiger charge is 2.25. The molecule has 2 aromatic rings. The SMILES string of the molecule is CCCNC(c1sccc1OC)c1c(Br)cnn1CC. The minimum atomic E-state index is 0.0988. The molecule has 0 aromatic carbocycles. The first-order valence-corrected chi connectivity index (χ1v) is 8.46. The highest BCUT2D eigenvalue weighted by atomic mass is 79.9. The van der Waals surface area contributed by atoms with Gasteiger partial charge in [0.05, 0.1) is 34.4 Å². The number of methoxy groups -OCH3 is 1. The van der Waals surface area contributed by atoms with E-state index in [0.29, 0.717) is 0 Å². The summed E-state index contributed by atoms with van der Waals surface area (Å²) in [6, 6.07) is 2.11. The molecule has 0 bridgehead atoms. The van der Waals surface area contributed by atoms with E-state index in [4.69, 9.17) is 4.74 Å². The Balaban J connectivity index is 2.44. The zero-order chi connectivity index (χ0) is 14.5. The van der Waals surface area contributed by atoms with E-state index in [1.807, 2.05) is 16.9 Å². The molecule has 110 valence electrons. The van der Waals surface area contributed by atoms with E-state index in [0.717, 1.165) is 35.4 Å². The van der Waals surface area contributed by atoms with Gasteiger partial charge in [-0.1, -0.05) is 6.92 Å². The van der Waals surface area contributed by atoms with Gasteiger partial charge in [-0.3, -0.25) is 4.68 Å². The summed E-state index contributed by atoms with van der Waals surface area (Å²) >= 11 is 5.33. The second kappa shape index (κ2) is 7.24. The highest BCUT2D eigenvalue weighted by molar-refractivity contribution is 9.10. The zero-order valence-electron chi connectivity index (χ0n) is 12.0. The lowest BCUT2D eigenvalue weighted by atomic mass is 10.1. The summed E-state index contributed by atoms with van der Waals surface area (Å²) < 4.78 is 8.54. The number of thiophene rings is 1. The van der Waals surface area contributed by atoms with Crippen molar-refractivity contribution in [3.63, 3.8) is 0 Å². The molecular weight excluding hydrogens is 338 g/mol. The lowest BCUT2D eigenvalue weighted by Crippen LogP contribution is -2.25. The normalized spacial score (nSPS) is 12.6. The van der Waals surface area contributed by atoms with Crippen LogP contribution in [0.15, 0.2) is 22.1 Å². The molecule has 0 fully saturated rings. The van der Waals surface area contributed by atoms with Gasteiger partial charge in [0.1, 0.15) is 5.75 Å². The predicted molar refractivity (Wildman–Crippen MR) is 86.6 cm³/mol. The molecule has 2 rings (SSSR count). The number of aryl methyl sites for hydroxylation is 1. The maximum atomic E-state index is 5.48. The molecule has 4 nitrogen and oxygen atoms in total. The molecule has 0 spiro atoms. The number of hydrogen-bond donors (Lipinski definition) is 1. The van der Waals surface area contributed by atoms with Crippen molar-refractivity contribution < 1.29 is 4.74 Å². The molecule has 0 amide bonds. The summed E-state index contributed by atoms with van der Waals surface area (Å²) in [6.07, 6.45) is 2.95. The van der Waals surface area contributed by atoms with Gasteiger partial charge in [0.15, 0.2) is 0 Å². The van der Waals surface area contributed by atoms with E-state index < -0.39 is 0 Å². The van der Waals surface area contributed by atoms with Crippen LogP contribution in [0.4, 0.5) is 0 Å². The van der Waals surface area contributed by atoms with Gasteiger partial charge in [-0.2, -0.15) is 5.10 Å². The van der Waals surface area contributed by atoms with E-state index in [1.165, 1.54) is 4.88 Å². The second-order valence-electron chi connectivity index (χ2n) is 4.43. The van der Waals surface area contributed by atoms with E-state index >= 15 is 0 Å². The van der Waals surface area contributed by atoms with Crippen LogP contribution in [0.2, 0.25) is 0 Å². The van der Waals surface area contributed by atoms with Crippen LogP contribution in [0, 0.1) is 0 Å². The average molecular weight is 358 g/mol. The minimum Gasteiger partial charge on any atom is -0.496 e. The summed E-state index contributed by atoms with van der Waals surface area (Å²) in [7, 11) is 1.72. The monoisotopic (exact) mass is 357 g/mol. The Labute approximate surface area is 132 Å². The second-order valence-corrected chi connectivity index (χ2v) is 6.24. The third-order valence-corrected chi connectivity index (χ3v) is 4.72. The Morgan fingerprint density at radius 3 is 2.95 bits per heavy atom. The highest BCUT2D eigenvalue weighted by Crippen LogP contribution is 2.37. The molecule has 0 saturated heterocycles. The van der Waals surface area contributed by atoms with Gasteiger partial charge >= 0.3 is 0 Å². The lowest BCUT2D eigenvalue weighted by molar-refractivity contribution is 0.405. The summed E-state index contributed by atoms with van der Waals surface area (Å²) in [5.41, 5.74) is 1.15. The van der Waals surface area contributed by atoms with Crippen molar-refractivity contribution in [3.05, 3.63) is 32.7 Å². The maximum absolute atomic E-state index is 5.48. The molecule has 0 aliphatic carbocycles. The van der Waals surface area contributed by atoms with E-state index in [1.54, 1.807) is 18.4 Å². The smallest absolute Gasteiger partial charge is 0.134 e. The van der Waals surface area contributed by atoms with Crippen molar-refractivity contribution in [2.24, 2.45) is 0 Å². The maximum Gasteiger partial charge on any atom is 0.134 e. The molecule has 0 saturated carbocycles. The van der Waals surface area contributed by atoms with Gasteiger partial charge in [-0.05, 0) is 47.3 Å². The third kappa shape index (κ3) is 3.07. The molecule has 20 heavy (non-hydrogen) atoms. The Morgan fingerprint density at radius 2 is 2.30 bits per heavy atom. The topological polar surface area (TPSA) is 39.1 Å². The number of rotatable bonds is 7.